The maximum absolute atomic E-state index is 12.8. The summed E-state index contributed by atoms with van der Waals surface area (Å²) in [6, 6.07) is 3.97. The lowest BCUT2D eigenvalue weighted by molar-refractivity contribution is -0.143. The highest BCUT2D eigenvalue weighted by atomic mass is 16.4. The minimum atomic E-state index is -1.24. The van der Waals surface area contributed by atoms with Gasteiger partial charge in [-0.1, -0.05) is 0 Å². The van der Waals surface area contributed by atoms with E-state index in [1.54, 1.807) is 24.4 Å². The van der Waals surface area contributed by atoms with Crippen molar-refractivity contribution >= 4 is 46.5 Å². The Morgan fingerprint density at radius 1 is 1.21 bits per heavy atom. The molecule has 1 aliphatic heterocycles. The van der Waals surface area contributed by atoms with E-state index in [0.717, 1.165) is 5.69 Å². The van der Waals surface area contributed by atoms with E-state index in [0.29, 0.717) is 34.5 Å². The van der Waals surface area contributed by atoms with Gasteiger partial charge < -0.3 is 31.5 Å². The number of hydrogen-bond acceptors (Lipinski definition) is 10. The van der Waals surface area contributed by atoms with Gasteiger partial charge in [-0.15, -0.1) is 0 Å². The van der Waals surface area contributed by atoms with Crippen LogP contribution in [-0.4, -0.2) is 66.0 Å². The van der Waals surface area contributed by atoms with Crippen molar-refractivity contribution < 1.29 is 24.6 Å². The number of nitrogens with zero attached hydrogens (tertiary/aromatic N) is 6. The average molecular weight is 466 g/mol. The number of carbonyl (C=O) groups excluding carboxylic acids is 1. The third kappa shape index (κ3) is 4.35. The van der Waals surface area contributed by atoms with E-state index in [2.05, 4.69) is 19.9 Å². The number of carbonyl (C=O) groups is 3. The van der Waals surface area contributed by atoms with Gasteiger partial charge in [-0.25, -0.2) is 14.8 Å². The number of carboxylic acids is 2. The first-order valence-corrected chi connectivity index (χ1v) is 10.3. The largest absolute Gasteiger partial charge is 0.481 e. The minimum Gasteiger partial charge on any atom is -0.481 e. The molecule has 1 aliphatic rings. The molecule has 0 aliphatic carbocycles. The van der Waals surface area contributed by atoms with Crippen molar-refractivity contribution in [2.75, 3.05) is 23.4 Å². The fourth-order valence-electron chi connectivity index (χ4n) is 3.88. The van der Waals surface area contributed by atoms with Crippen LogP contribution in [0.1, 0.15) is 34.5 Å². The van der Waals surface area contributed by atoms with Crippen LogP contribution >= 0.6 is 0 Å². The van der Waals surface area contributed by atoms with E-state index in [1.165, 1.54) is 4.90 Å². The van der Waals surface area contributed by atoms with E-state index in [9.17, 15) is 19.5 Å². The zero-order chi connectivity index (χ0) is 24.6. The Morgan fingerprint density at radius 3 is 2.68 bits per heavy atom. The van der Waals surface area contributed by atoms with Crippen molar-refractivity contribution in [1.82, 2.24) is 24.8 Å². The molecule has 1 aromatic carbocycles. The summed E-state index contributed by atoms with van der Waals surface area (Å²) < 4.78 is 0. The smallest absolute Gasteiger partial charge is 0.326 e. The molecule has 0 radical (unpaired) electrons. The van der Waals surface area contributed by atoms with Crippen LogP contribution in [0.2, 0.25) is 0 Å². The molecule has 0 fully saturated rings. The van der Waals surface area contributed by atoms with Crippen molar-refractivity contribution in [2.45, 2.75) is 32.0 Å². The summed E-state index contributed by atoms with van der Waals surface area (Å²) in [4.78, 5) is 55.1. The number of benzene rings is 1. The molecule has 13 nitrogen and oxygen atoms in total. The average Bonchev–Trinajstić information content (AvgIpc) is 3.09. The van der Waals surface area contributed by atoms with E-state index < -0.39 is 23.9 Å². The summed E-state index contributed by atoms with van der Waals surface area (Å²) in [7, 11) is 1.83. The Balaban J connectivity index is 1.53. The quantitative estimate of drug-likeness (QED) is 0.358. The van der Waals surface area contributed by atoms with E-state index >= 15 is 0 Å². The van der Waals surface area contributed by atoms with Crippen molar-refractivity contribution in [2.24, 2.45) is 0 Å². The fraction of sp³-hybridized carbons (Fsp3) is 0.286. The number of aromatic nitrogens is 4. The Bertz CT molecular complexity index is 1310. The van der Waals surface area contributed by atoms with Gasteiger partial charge in [-0.05, 0) is 30.2 Å². The van der Waals surface area contributed by atoms with Gasteiger partial charge in [0.05, 0.1) is 18.4 Å². The number of aliphatic carboxylic acids is 2. The normalized spacial score (nSPS) is 13.7. The van der Waals surface area contributed by atoms with Crippen LogP contribution in [-0.2, 0) is 22.7 Å². The summed E-state index contributed by atoms with van der Waals surface area (Å²) in [6.07, 6.45) is 1.04. The molecule has 0 saturated heterocycles. The van der Waals surface area contributed by atoms with E-state index in [1.807, 2.05) is 11.9 Å². The van der Waals surface area contributed by atoms with Gasteiger partial charge in [0.25, 0.3) is 5.91 Å². The minimum absolute atomic E-state index is 0.0130. The molecule has 0 saturated carbocycles. The number of rotatable bonds is 8. The van der Waals surface area contributed by atoms with Crippen LogP contribution in [0, 0.1) is 0 Å². The highest BCUT2D eigenvalue weighted by Gasteiger charge is 2.36. The van der Waals surface area contributed by atoms with Crippen molar-refractivity contribution in [3.8, 4) is 0 Å². The first-order valence-electron chi connectivity index (χ1n) is 10.3. The standard InChI is InChI=1S/C21H22N8O5/c1-28(9-11-7-24-18-16(25-11)17(22)26-21(23)27-18)12-2-3-13-10(6-12)8-29(19(13)32)14(20(33)34)4-5-15(30)31/h2-3,6-7,14H,4-5,8-9H2,1H3,(H,30,31)(H,33,34)(H4,22,23,24,26,27)/t14-/m0/s1. The summed E-state index contributed by atoms with van der Waals surface area (Å²) in [5.74, 6) is -2.64. The molecule has 6 N–H and O–H groups in total. The van der Waals surface area contributed by atoms with Crippen molar-refractivity contribution in [3.05, 3.63) is 41.2 Å². The molecule has 176 valence electrons. The maximum atomic E-state index is 12.8. The molecule has 34 heavy (non-hydrogen) atoms. The van der Waals surface area contributed by atoms with Crippen LogP contribution in [0.4, 0.5) is 17.5 Å². The van der Waals surface area contributed by atoms with E-state index in [4.69, 9.17) is 16.6 Å². The molecule has 0 bridgehead atoms. The summed E-state index contributed by atoms with van der Waals surface area (Å²) in [6.45, 7) is 0.442. The lowest BCUT2D eigenvalue weighted by Crippen LogP contribution is -2.41. The third-order valence-electron chi connectivity index (χ3n) is 5.55. The lowest BCUT2D eigenvalue weighted by Gasteiger charge is -2.23. The zero-order valence-electron chi connectivity index (χ0n) is 18.2. The first-order chi connectivity index (χ1) is 16.1. The van der Waals surface area contributed by atoms with Gasteiger partial charge in [-0.3, -0.25) is 9.59 Å². The molecule has 1 amide bonds. The number of anilines is 3. The van der Waals surface area contributed by atoms with Crippen LogP contribution in [0.15, 0.2) is 24.4 Å². The lowest BCUT2D eigenvalue weighted by atomic mass is 10.1. The predicted molar refractivity (Wildman–Crippen MR) is 121 cm³/mol. The van der Waals surface area contributed by atoms with Crippen LogP contribution in [0.3, 0.4) is 0 Å². The summed E-state index contributed by atoms with van der Waals surface area (Å²) in [5, 5.41) is 18.4. The molecular weight excluding hydrogens is 444 g/mol. The maximum Gasteiger partial charge on any atom is 0.326 e. The number of hydrogen-bond donors (Lipinski definition) is 4. The molecule has 13 heteroatoms. The Morgan fingerprint density at radius 2 is 1.97 bits per heavy atom. The molecule has 2 aromatic heterocycles. The fourth-order valence-corrected chi connectivity index (χ4v) is 3.88. The Kier molecular flexibility index (Phi) is 5.84. The number of amides is 1. The molecular formula is C21H22N8O5. The summed E-state index contributed by atoms with van der Waals surface area (Å²) >= 11 is 0. The molecule has 3 heterocycles. The highest BCUT2D eigenvalue weighted by Crippen LogP contribution is 2.30. The van der Waals surface area contributed by atoms with Crippen LogP contribution < -0.4 is 16.4 Å². The van der Waals surface area contributed by atoms with Crippen molar-refractivity contribution in [1.29, 1.82) is 0 Å². The topological polar surface area (TPSA) is 202 Å². The third-order valence-corrected chi connectivity index (χ3v) is 5.55. The van der Waals surface area contributed by atoms with Crippen molar-refractivity contribution in [3.63, 3.8) is 0 Å². The molecule has 1 atom stereocenters. The second-order valence-electron chi connectivity index (χ2n) is 7.92. The second-order valence-corrected chi connectivity index (χ2v) is 7.92. The van der Waals surface area contributed by atoms with Gasteiger partial charge >= 0.3 is 11.9 Å². The SMILES string of the molecule is CN(Cc1cnc2nc(N)nc(N)c2n1)c1ccc2c(c1)CN([C@@H](CCC(=O)O)C(=O)O)C2=O. The van der Waals surface area contributed by atoms with Gasteiger partial charge in [0.15, 0.2) is 17.0 Å². The number of nitrogens with two attached hydrogens (primary N) is 2. The van der Waals surface area contributed by atoms with E-state index in [-0.39, 0.29) is 31.2 Å². The zero-order valence-corrected chi connectivity index (χ0v) is 18.2. The molecule has 3 aromatic rings. The number of fused-ring (bicyclic) bond motifs is 2. The van der Waals surface area contributed by atoms with Crippen LogP contribution in [0.25, 0.3) is 11.2 Å². The van der Waals surface area contributed by atoms with Gasteiger partial charge in [0, 0.05) is 31.3 Å². The van der Waals surface area contributed by atoms with Crippen LogP contribution in [0.5, 0.6) is 0 Å². The van der Waals surface area contributed by atoms with Gasteiger partial charge in [-0.2, -0.15) is 9.97 Å². The molecule has 0 spiro atoms. The number of nitrogen functional groups attached to an aromatic ring is 2. The summed E-state index contributed by atoms with van der Waals surface area (Å²) in [5.41, 5.74) is 14.5. The second kappa shape index (κ2) is 8.77. The monoisotopic (exact) mass is 466 g/mol. The predicted octanol–water partition coefficient (Wildman–Crippen LogP) is 0.494. The van der Waals surface area contributed by atoms with Gasteiger partial charge in [0.1, 0.15) is 6.04 Å². The first kappa shape index (κ1) is 22.6. The highest BCUT2D eigenvalue weighted by molar-refractivity contribution is 6.01. The molecule has 4 rings (SSSR count). The Hall–Kier alpha value is -4.55. The number of carboxylic acid groups (broad SMARTS) is 2. The Labute approximate surface area is 193 Å². The van der Waals surface area contributed by atoms with Gasteiger partial charge in [0.2, 0.25) is 5.95 Å². The molecule has 0 unspecified atom stereocenters.